The highest BCUT2D eigenvalue weighted by molar-refractivity contribution is 6.35. The van der Waals surface area contributed by atoms with E-state index in [2.05, 4.69) is 4.98 Å². The van der Waals surface area contributed by atoms with Crippen LogP contribution in [0, 0.1) is 0 Å². The summed E-state index contributed by atoms with van der Waals surface area (Å²) in [7, 11) is 0. The number of rotatable bonds is 2. The molecular weight excluding hydrogens is 225 g/mol. The molecule has 0 aliphatic heterocycles. The van der Waals surface area contributed by atoms with Gasteiger partial charge in [0.1, 0.15) is 11.9 Å². The Hall–Kier alpha value is -1.19. The molecule has 14 heavy (non-hydrogen) atoms. The van der Waals surface area contributed by atoms with Gasteiger partial charge >= 0.3 is 5.95 Å². The van der Waals surface area contributed by atoms with Crippen LogP contribution in [0.4, 0.5) is 0 Å². The maximum atomic E-state index is 5.87. The van der Waals surface area contributed by atoms with Crippen molar-refractivity contribution in [3.63, 3.8) is 0 Å². The molecule has 0 atom stereocenters. The predicted octanol–water partition coefficient (Wildman–Crippen LogP) is 3.77. The van der Waals surface area contributed by atoms with Crippen molar-refractivity contribution in [3.8, 4) is 11.7 Å². The number of ether oxygens (including phenoxy) is 1. The van der Waals surface area contributed by atoms with Gasteiger partial charge in [-0.15, -0.1) is 0 Å². The van der Waals surface area contributed by atoms with Gasteiger partial charge in [-0.25, -0.2) is 4.98 Å². The highest BCUT2D eigenvalue weighted by atomic mass is 35.5. The first-order chi connectivity index (χ1) is 6.75. The van der Waals surface area contributed by atoms with E-state index in [0.29, 0.717) is 15.8 Å². The van der Waals surface area contributed by atoms with Gasteiger partial charge in [0.2, 0.25) is 0 Å². The first-order valence-electron chi connectivity index (χ1n) is 3.77. The van der Waals surface area contributed by atoms with E-state index >= 15 is 0 Å². The third kappa shape index (κ3) is 2.00. The van der Waals surface area contributed by atoms with Gasteiger partial charge in [-0.3, -0.25) is 0 Å². The van der Waals surface area contributed by atoms with Crippen molar-refractivity contribution in [2.75, 3.05) is 0 Å². The molecule has 5 heteroatoms. The van der Waals surface area contributed by atoms with Crippen molar-refractivity contribution in [3.05, 3.63) is 40.8 Å². The van der Waals surface area contributed by atoms with Crippen LogP contribution in [0.3, 0.4) is 0 Å². The van der Waals surface area contributed by atoms with Crippen molar-refractivity contribution in [1.82, 2.24) is 4.98 Å². The first-order valence-corrected chi connectivity index (χ1v) is 4.53. The quantitative estimate of drug-likeness (QED) is 0.787. The topological polar surface area (TPSA) is 35.3 Å². The molecule has 0 saturated carbocycles. The van der Waals surface area contributed by atoms with Crippen LogP contribution in [-0.4, -0.2) is 4.98 Å². The molecule has 2 aromatic rings. The van der Waals surface area contributed by atoms with Crippen LogP contribution in [0.25, 0.3) is 0 Å². The van der Waals surface area contributed by atoms with Gasteiger partial charge in [0.05, 0.1) is 5.02 Å². The smallest absolute Gasteiger partial charge is 0.310 e. The largest absolute Gasteiger partial charge is 0.423 e. The van der Waals surface area contributed by atoms with Crippen LogP contribution in [0.15, 0.2) is 35.2 Å². The zero-order valence-electron chi connectivity index (χ0n) is 6.91. The third-order valence-electron chi connectivity index (χ3n) is 1.51. The summed E-state index contributed by atoms with van der Waals surface area (Å²) in [4.78, 5) is 3.70. The number of hydrogen-bond donors (Lipinski definition) is 0. The fourth-order valence-corrected chi connectivity index (χ4v) is 1.37. The molecule has 0 amide bonds. The van der Waals surface area contributed by atoms with Gasteiger partial charge in [-0.2, -0.15) is 0 Å². The molecule has 0 bridgehead atoms. The summed E-state index contributed by atoms with van der Waals surface area (Å²) >= 11 is 11.6. The van der Waals surface area contributed by atoms with Crippen LogP contribution in [0.2, 0.25) is 10.0 Å². The predicted molar refractivity (Wildman–Crippen MR) is 53.0 cm³/mol. The molecule has 0 aliphatic carbocycles. The lowest BCUT2D eigenvalue weighted by molar-refractivity contribution is 0.346. The summed E-state index contributed by atoms with van der Waals surface area (Å²) in [5, 5.41) is 0.980. The zero-order chi connectivity index (χ0) is 9.97. The number of nitrogens with zero attached hydrogens (tertiary/aromatic N) is 1. The van der Waals surface area contributed by atoms with Crippen LogP contribution < -0.4 is 4.74 Å². The van der Waals surface area contributed by atoms with Gasteiger partial charge in [0.25, 0.3) is 0 Å². The highest BCUT2D eigenvalue weighted by Gasteiger charge is 2.05. The van der Waals surface area contributed by atoms with Gasteiger partial charge in [-0.05, 0) is 18.2 Å². The standard InChI is InChI=1S/C9H5Cl2NO2/c10-6-1-2-8(7(11)3-6)14-9-4-12-5-13-9/h1-5H. The Morgan fingerprint density at radius 2 is 2.14 bits per heavy atom. The Kier molecular flexibility index (Phi) is 2.61. The second kappa shape index (κ2) is 3.90. The minimum absolute atomic E-state index is 0.286. The summed E-state index contributed by atoms with van der Waals surface area (Å²) in [6.07, 6.45) is 2.73. The fraction of sp³-hybridized carbons (Fsp3) is 0. The SMILES string of the molecule is Clc1ccc(Oc2cnco2)c(Cl)c1. The second-order valence-corrected chi connectivity index (χ2v) is 3.34. The van der Waals surface area contributed by atoms with Gasteiger partial charge < -0.3 is 9.15 Å². The summed E-state index contributed by atoms with van der Waals surface area (Å²) in [5.74, 6) is 0.766. The minimum Gasteiger partial charge on any atom is -0.423 e. The van der Waals surface area contributed by atoms with Crippen LogP contribution in [-0.2, 0) is 0 Å². The second-order valence-electron chi connectivity index (χ2n) is 2.50. The number of oxazole rings is 1. The molecule has 1 heterocycles. The number of halogens is 2. The Labute approximate surface area is 90.2 Å². The van der Waals surface area contributed by atoms with Crippen LogP contribution in [0.1, 0.15) is 0 Å². The summed E-state index contributed by atoms with van der Waals surface area (Å²) in [5.41, 5.74) is 0. The van der Waals surface area contributed by atoms with E-state index in [1.807, 2.05) is 0 Å². The molecule has 72 valence electrons. The zero-order valence-corrected chi connectivity index (χ0v) is 8.42. The molecule has 1 aromatic carbocycles. The molecule has 0 unspecified atom stereocenters. The van der Waals surface area contributed by atoms with E-state index < -0.39 is 0 Å². The lowest BCUT2D eigenvalue weighted by Gasteiger charge is -2.03. The van der Waals surface area contributed by atoms with Gasteiger partial charge in [0, 0.05) is 5.02 Å². The van der Waals surface area contributed by atoms with E-state index in [4.69, 9.17) is 32.4 Å². The summed E-state index contributed by atoms with van der Waals surface area (Å²) in [6, 6.07) is 4.93. The molecule has 0 spiro atoms. The Bertz CT molecular complexity index is 428. The average Bonchev–Trinajstić information content (AvgIpc) is 2.62. The van der Waals surface area contributed by atoms with E-state index in [-0.39, 0.29) is 5.95 Å². The number of benzene rings is 1. The highest BCUT2D eigenvalue weighted by Crippen LogP contribution is 2.31. The van der Waals surface area contributed by atoms with Crippen LogP contribution >= 0.6 is 23.2 Å². The van der Waals surface area contributed by atoms with E-state index in [0.717, 1.165) is 0 Å². The summed E-state index contributed by atoms with van der Waals surface area (Å²) in [6.45, 7) is 0. The normalized spacial score (nSPS) is 10.1. The van der Waals surface area contributed by atoms with Crippen molar-refractivity contribution >= 4 is 23.2 Å². The molecule has 0 radical (unpaired) electrons. The van der Waals surface area contributed by atoms with E-state index in [9.17, 15) is 0 Å². The third-order valence-corrected chi connectivity index (χ3v) is 2.04. The number of hydrogen-bond acceptors (Lipinski definition) is 3. The van der Waals surface area contributed by atoms with Crippen molar-refractivity contribution < 1.29 is 9.15 Å². The molecule has 2 rings (SSSR count). The maximum absolute atomic E-state index is 5.87. The Morgan fingerprint density at radius 1 is 1.29 bits per heavy atom. The van der Waals surface area contributed by atoms with Crippen molar-refractivity contribution in [2.24, 2.45) is 0 Å². The Morgan fingerprint density at radius 3 is 2.79 bits per heavy atom. The fourth-order valence-electron chi connectivity index (χ4n) is 0.921. The molecule has 0 aliphatic rings. The summed E-state index contributed by atoms with van der Waals surface area (Å²) < 4.78 is 10.2. The van der Waals surface area contributed by atoms with Crippen molar-refractivity contribution in [2.45, 2.75) is 0 Å². The Balaban J connectivity index is 2.25. The van der Waals surface area contributed by atoms with Gasteiger partial charge in [-0.1, -0.05) is 23.2 Å². The molecule has 0 fully saturated rings. The van der Waals surface area contributed by atoms with Gasteiger partial charge in [0.15, 0.2) is 6.39 Å². The number of aromatic nitrogens is 1. The lowest BCUT2D eigenvalue weighted by atomic mass is 10.3. The van der Waals surface area contributed by atoms with Crippen LogP contribution in [0.5, 0.6) is 11.7 Å². The first kappa shape index (κ1) is 9.37. The minimum atomic E-state index is 0.286. The van der Waals surface area contributed by atoms with Crippen molar-refractivity contribution in [1.29, 1.82) is 0 Å². The monoisotopic (exact) mass is 229 g/mol. The molecule has 1 aromatic heterocycles. The molecule has 3 nitrogen and oxygen atoms in total. The molecular formula is C9H5Cl2NO2. The molecule has 0 N–H and O–H groups in total. The molecule has 0 saturated heterocycles. The van der Waals surface area contributed by atoms with E-state index in [1.54, 1.807) is 18.2 Å². The average molecular weight is 230 g/mol. The lowest BCUT2D eigenvalue weighted by Crippen LogP contribution is -1.82. The maximum Gasteiger partial charge on any atom is 0.310 e. The van der Waals surface area contributed by atoms with E-state index in [1.165, 1.54) is 12.6 Å².